The monoisotopic (exact) mass is 382 g/mol. The third kappa shape index (κ3) is 3.12. The Hall–Kier alpha value is -2.67. The summed E-state index contributed by atoms with van der Waals surface area (Å²) in [5, 5.41) is 1.62. The molecule has 7 heteroatoms. The summed E-state index contributed by atoms with van der Waals surface area (Å²) in [7, 11) is 5.41. The fraction of sp³-hybridized carbons (Fsp3) is 0.350. The molecule has 0 saturated carbocycles. The summed E-state index contributed by atoms with van der Waals surface area (Å²) in [5.41, 5.74) is 2.72. The first kappa shape index (κ1) is 17.7. The van der Waals surface area contributed by atoms with Crippen LogP contribution >= 0.6 is 11.3 Å². The minimum absolute atomic E-state index is 0.0495. The highest BCUT2D eigenvalue weighted by atomic mass is 32.1. The third-order valence-electron chi connectivity index (χ3n) is 5.05. The van der Waals surface area contributed by atoms with E-state index in [0.29, 0.717) is 30.2 Å². The number of amides is 2. The van der Waals surface area contributed by atoms with Crippen LogP contribution in [0.2, 0.25) is 0 Å². The molecule has 0 bridgehead atoms. The highest BCUT2D eigenvalue weighted by molar-refractivity contribution is 7.13. The van der Waals surface area contributed by atoms with E-state index in [-0.39, 0.29) is 11.8 Å². The number of carbonyl (C=O) groups excluding carboxylic acids is 2. The van der Waals surface area contributed by atoms with Crippen molar-refractivity contribution in [1.29, 1.82) is 0 Å². The van der Waals surface area contributed by atoms with Crippen molar-refractivity contribution in [2.45, 2.75) is 12.8 Å². The second-order valence-corrected chi connectivity index (χ2v) is 8.11. The van der Waals surface area contributed by atoms with Gasteiger partial charge in [-0.2, -0.15) is 0 Å². The Morgan fingerprint density at radius 1 is 1.15 bits per heavy atom. The van der Waals surface area contributed by atoms with Gasteiger partial charge in [-0.05, 0) is 12.1 Å². The van der Waals surface area contributed by atoms with Crippen molar-refractivity contribution in [3.8, 4) is 0 Å². The minimum Gasteiger partial charge on any atom is -0.343 e. The van der Waals surface area contributed by atoms with Crippen LogP contribution in [0.1, 0.15) is 30.9 Å². The molecule has 0 radical (unpaired) electrons. The number of hydrogen-bond donors (Lipinski definition) is 0. The lowest BCUT2D eigenvalue weighted by Gasteiger charge is -2.20. The number of carbonyl (C=O) groups is 2. The zero-order valence-electron chi connectivity index (χ0n) is 15.7. The molecular formula is C20H22N4O2S. The molecule has 1 aliphatic heterocycles. The van der Waals surface area contributed by atoms with Crippen molar-refractivity contribution in [1.82, 2.24) is 19.4 Å². The number of hydrogen-bond acceptors (Lipinski definition) is 4. The lowest BCUT2D eigenvalue weighted by atomic mass is 10.2. The molecule has 0 spiro atoms. The average molecular weight is 382 g/mol. The Kier molecular flexibility index (Phi) is 4.47. The average Bonchev–Trinajstić information content (AvgIpc) is 3.16. The normalized spacial score (nSPS) is 14.1. The number of para-hydroxylation sites is 1. The van der Waals surface area contributed by atoms with E-state index in [1.807, 2.05) is 46.8 Å². The van der Waals surface area contributed by atoms with Crippen LogP contribution < -0.4 is 0 Å². The highest BCUT2D eigenvalue weighted by Crippen LogP contribution is 2.25. The number of thiazole rings is 1. The van der Waals surface area contributed by atoms with Gasteiger partial charge in [0.25, 0.3) is 11.8 Å². The van der Waals surface area contributed by atoms with E-state index in [2.05, 4.69) is 4.98 Å². The lowest BCUT2D eigenvalue weighted by molar-refractivity contribution is 0.0752. The van der Waals surface area contributed by atoms with E-state index in [1.54, 1.807) is 19.0 Å². The fourth-order valence-corrected chi connectivity index (χ4v) is 4.62. The summed E-state index contributed by atoms with van der Waals surface area (Å²) in [6, 6.07) is 9.99. The Morgan fingerprint density at radius 2 is 1.89 bits per heavy atom. The molecule has 140 valence electrons. The van der Waals surface area contributed by atoms with Crippen molar-refractivity contribution < 1.29 is 9.59 Å². The lowest BCUT2D eigenvalue weighted by Crippen LogP contribution is -2.34. The summed E-state index contributed by atoms with van der Waals surface area (Å²) in [6.07, 6.45) is 1.42. The van der Waals surface area contributed by atoms with Crippen molar-refractivity contribution >= 4 is 34.1 Å². The van der Waals surface area contributed by atoms with E-state index in [1.165, 1.54) is 11.3 Å². The van der Waals surface area contributed by atoms with Gasteiger partial charge in [0.15, 0.2) is 5.01 Å². The number of benzene rings is 1. The van der Waals surface area contributed by atoms with Crippen molar-refractivity contribution in [2.24, 2.45) is 7.05 Å². The minimum atomic E-state index is -0.0588. The molecule has 0 unspecified atom stereocenters. The number of aryl methyl sites for hydroxylation is 1. The summed E-state index contributed by atoms with van der Waals surface area (Å²) in [4.78, 5) is 34.3. The number of rotatable bonds is 2. The van der Waals surface area contributed by atoms with Crippen LogP contribution in [0.15, 0.2) is 30.3 Å². The fourth-order valence-electron chi connectivity index (χ4n) is 3.51. The number of aromatic nitrogens is 2. The predicted octanol–water partition coefficient (Wildman–Crippen LogP) is 2.58. The van der Waals surface area contributed by atoms with Crippen LogP contribution in [0, 0.1) is 0 Å². The van der Waals surface area contributed by atoms with Gasteiger partial charge >= 0.3 is 0 Å². The second-order valence-electron chi connectivity index (χ2n) is 7.03. The van der Waals surface area contributed by atoms with Crippen LogP contribution in [-0.4, -0.2) is 58.4 Å². The third-order valence-corrected chi connectivity index (χ3v) is 6.20. The molecule has 2 amide bonds. The molecule has 4 rings (SSSR count). The quantitative estimate of drug-likeness (QED) is 0.684. The molecule has 3 aromatic rings. The van der Waals surface area contributed by atoms with Gasteiger partial charge in [0.2, 0.25) is 0 Å². The Labute approximate surface area is 162 Å². The van der Waals surface area contributed by atoms with Gasteiger partial charge in [-0.15, -0.1) is 11.3 Å². The van der Waals surface area contributed by atoms with Gasteiger partial charge in [-0.3, -0.25) is 9.59 Å². The maximum absolute atomic E-state index is 13.1. The molecule has 0 saturated heterocycles. The largest absolute Gasteiger partial charge is 0.343 e. The van der Waals surface area contributed by atoms with E-state index < -0.39 is 0 Å². The van der Waals surface area contributed by atoms with Crippen LogP contribution in [0.5, 0.6) is 0 Å². The van der Waals surface area contributed by atoms with Crippen molar-refractivity contribution in [3.05, 3.63) is 51.6 Å². The highest BCUT2D eigenvalue weighted by Gasteiger charge is 2.26. The zero-order valence-corrected chi connectivity index (χ0v) is 16.5. The Morgan fingerprint density at radius 3 is 2.63 bits per heavy atom. The molecule has 1 aromatic carbocycles. The first-order valence-electron chi connectivity index (χ1n) is 8.99. The molecule has 2 aromatic heterocycles. The Balaban J connectivity index is 1.54. The van der Waals surface area contributed by atoms with Gasteiger partial charge in [-0.25, -0.2) is 4.98 Å². The molecule has 0 N–H and O–H groups in total. The van der Waals surface area contributed by atoms with Crippen LogP contribution in [-0.2, 0) is 19.9 Å². The summed E-state index contributed by atoms with van der Waals surface area (Å²) in [6.45, 7) is 1.26. The predicted molar refractivity (Wildman–Crippen MR) is 106 cm³/mol. The second kappa shape index (κ2) is 6.81. The summed E-state index contributed by atoms with van der Waals surface area (Å²) < 4.78 is 1.96. The molecule has 3 heterocycles. The zero-order chi connectivity index (χ0) is 19.1. The van der Waals surface area contributed by atoms with Crippen LogP contribution in [0.3, 0.4) is 0 Å². The SMILES string of the molecule is CN(C)C(=O)c1nc2c(s1)CCN(C(=O)c1cc3ccccc3n1C)CC2. The topological polar surface area (TPSA) is 58.4 Å². The molecule has 6 nitrogen and oxygen atoms in total. The molecule has 27 heavy (non-hydrogen) atoms. The number of nitrogens with zero attached hydrogens (tertiary/aromatic N) is 4. The van der Waals surface area contributed by atoms with Crippen molar-refractivity contribution in [2.75, 3.05) is 27.2 Å². The molecule has 0 fully saturated rings. The van der Waals surface area contributed by atoms with Crippen LogP contribution in [0.25, 0.3) is 10.9 Å². The molecule has 0 atom stereocenters. The Bertz CT molecular complexity index is 1010. The standard InChI is InChI=1S/C20H22N4O2S/c1-22(2)20(26)18-21-14-8-10-24(11-9-17(14)27-18)19(25)16-12-13-6-4-5-7-15(13)23(16)3/h4-7,12H,8-11H2,1-3H3. The summed E-state index contributed by atoms with van der Waals surface area (Å²) in [5.74, 6) is -0.00930. The number of fused-ring (bicyclic) bond motifs is 2. The van der Waals surface area contributed by atoms with Gasteiger partial charge in [0.1, 0.15) is 5.69 Å². The van der Waals surface area contributed by atoms with E-state index in [4.69, 9.17) is 0 Å². The molecule has 1 aliphatic rings. The maximum Gasteiger partial charge on any atom is 0.282 e. The summed E-state index contributed by atoms with van der Waals surface area (Å²) >= 11 is 1.46. The molecule has 0 aliphatic carbocycles. The smallest absolute Gasteiger partial charge is 0.282 e. The van der Waals surface area contributed by atoms with E-state index in [9.17, 15) is 9.59 Å². The maximum atomic E-state index is 13.1. The van der Waals surface area contributed by atoms with Gasteiger partial charge in [-0.1, -0.05) is 18.2 Å². The molecular weight excluding hydrogens is 360 g/mol. The first-order valence-corrected chi connectivity index (χ1v) is 9.81. The van der Waals surface area contributed by atoms with Crippen molar-refractivity contribution in [3.63, 3.8) is 0 Å². The van der Waals surface area contributed by atoms with Crippen LogP contribution in [0.4, 0.5) is 0 Å². The first-order chi connectivity index (χ1) is 13.0. The van der Waals surface area contributed by atoms with E-state index in [0.717, 1.165) is 27.9 Å². The van der Waals surface area contributed by atoms with Gasteiger partial charge < -0.3 is 14.4 Å². The van der Waals surface area contributed by atoms with Gasteiger partial charge in [0.05, 0.1) is 5.69 Å². The van der Waals surface area contributed by atoms with E-state index >= 15 is 0 Å². The van der Waals surface area contributed by atoms with Gasteiger partial charge in [0, 0.05) is 62.9 Å².